The van der Waals surface area contributed by atoms with Crippen molar-refractivity contribution in [2.75, 3.05) is 4.90 Å². The maximum Gasteiger partial charge on any atom is 0.0641 e. The first-order valence-electron chi connectivity index (χ1n) is 19.3. The molecule has 0 aliphatic heterocycles. The fourth-order valence-electron chi connectivity index (χ4n) is 8.41. The van der Waals surface area contributed by atoms with Gasteiger partial charge in [-0.1, -0.05) is 176 Å². The molecule has 0 fully saturated rings. The number of rotatable bonds is 7. The Labute approximate surface area is 340 Å². The van der Waals surface area contributed by atoms with Crippen LogP contribution in [0.4, 0.5) is 17.1 Å². The number of fused-ring (bicyclic) bond motifs is 6. The molecule has 0 aliphatic rings. The van der Waals surface area contributed by atoms with E-state index in [2.05, 4.69) is 217 Å². The molecular formula is C54H35NS2. The minimum atomic E-state index is 1.12. The fraction of sp³-hybridized carbons (Fsp3) is 0. The molecule has 0 bridgehead atoms. The molecule has 3 heteroatoms. The van der Waals surface area contributed by atoms with E-state index in [9.17, 15) is 0 Å². The summed E-state index contributed by atoms with van der Waals surface area (Å²) in [5.41, 5.74) is 13.3. The summed E-state index contributed by atoms with van der Waals surface area (Å²) in [7, 11) is 0. The number of benzene rings is 9. The monoisotopic (exact) mass is 761 g/mol. The van der Waals surface area contributed by atoms with E-state index in [1.807, 2.05) is 22.7 Å². The molecule has 2 aromatic heterocycles. The molecular weight excluding hydrogens is 727 g/mol. The van der Waals surface area contributed by atoms with Gasteiger partial charge in [0.05, 0.1) is 16.1 Å². The Morgan fingerprint density at radius 2 is 0.807 bits per heavy atom. The normalized spacial score (nSPS) is 11.5. The Kier molecular flexibility index (Phi) is 8.28. The summed E-state index contributed by atoms with van der Waals surface area (Å²) >= 11 is 3.77. The maximum absolute atomic E-state index is 2.51. The molecule has 0 amide bonds. The molecule has 0 saturated heterocycles. The number of hydrogen-bond acceptors (Lipinski definition) is 3. The van der Waals surface area contributed by atoms with Gasteiger partial charge in [-0.2, -0.15) is 0 Å². The second-order valence-corrected chi connectivity index (χ2v) is 16.5. The van der Waals surface area contributed by atoms with E-state index in [1.54, 1.807) is 0 Å². The lowest BCUT2D eigenvalue weighted by molar-refractivity contribution is 1.32. The lowest BCUT2D eigenvalue weighted by atomic mass is 9.96. The minimum Gasteiger partial charge on any atom is -0.308 e. The third-order valence-corrected chi connectivity index (χ3v) is 13.5. The van der Waals surface area contributed by atoms with E-state index in [-0.39, 0.29) is 0 Å². The Morgan fingerprint density at radius 1 is 0.281 bits per heavy atom. The topological polar surface area (TPSA) is 3.24 Å². The highest BCUT2D eigenvalue weighted by Crippen LogP contribution is 2.52. The van der Waals surface area contributed by atoms with Gasteiger partial charge in [-0.15, -0.1) is 22.7 Å². The summed E-state index contributed by atoms with van der Waals surface area (Å²) < 4.78 is 5.16. The van der Waals surface area contributed by atoms with Gasteiger partial charge in [0.25, 0.3) is 0 Å². The minimum absolute atomic E-state index is 1.12. The zero-order chi connectivity index (χ0) is 37.7. The largest absolute Gasteiger partial charge is 0.308 e. The van der Waals surface area contributed by atoms with Crippen molar-refractivity contribution < 1.29 is 0 Å². The molecule has 57 heavy (non-hydrogen) atoms. The van der Waals surface area contributed by atoms with Crippen molar-refractivity contribution in [3.05, 3.63) is 212 Å². The highest BCUT2D eigenvalue weighted by molar-refractivity contribution is 7.27. The number of anilines is 3. The van der Waals surface area contributed by atoms with Crippen LogP contribution in [-0.2, 0) is 0 Å². The lowest BCUT2D eigenvalue weighted by Gasteiger charge is -2.28. The Hall–Kier alpha value is -6.78. The van der Waals surface area contributed by atoms with Gasteiger partial charge in [0.1, 0.15) is 0 Å². The molecule has 9 aromatic carbocycles. The Balaban J connectivity index is 1.15. The molecule has 1 nitrogen and oxygen atoms in total. The van der Waals surface area contributed by atoms with Gasteiger partial charge < -0.3 is 4.90 Å². The molecule has 0 spiro atoms. The van der Waals surface area contributed by atoms with Crippen LogP contribution in [0.5, 0.6) is 0 Å². The molecule has 2 heterocycles. The molecule has 11 aromatic rings. The smallest absolute Gasteiger partial charge is 0.0641 e. The standard InChI is InChI=1S/C54H35NS2/c1-4-14-36(15-5-1)37-26-28-38(29-27-37)39-30-32-42(33-31-39)55(47-23-13-25-50-52(47)45-20-10-11-24-49(45)56-50)48-35-34-43(40-16-6-2-7-17-40)51-46-22-12-21-44(53(46)57-54(48)51)41-18-8-3-9-19-41/h1-35H. The van der Waals surface area contributed by atoms with Crippen LogP contribution in [0.1, 0.15) is 0 Å². The van der Waals surface area contributed by atoms with E-state index in [1.165, 1.54) is 96.2 Å². The number of hydrogen-bond donors (Lipinski definition) is 0. The van der Waals surface area contributed by atoms with Crippen molar-refractivity contribution in [3.8, 4) is 44.5 Å². The zero-order valence-corrected chi connectivity index (χ0v) is 32.6. The van der Waals surface area contributed by atoms with Gasteiger partial charge >= 0.3 is 0 Å². The van der Waals surface area contributed by atoms with Gasteiger partial charge in [-0.05, 0) is 80.9 Å². The van der Waals surface area contributed by atoms with Crippen molar-refractivity contribution in [2.24, 2.45) is 0 Å². The summed E-state index contributed by atoms with van der Waals surface area (Å²) in [5, 5.41) is 5.14. The second kappa shape index (κ2) is 14.1. The van der Waals surface area contributed by atoms with Gasteiger partial charge in [-0.25, -0.2) is 0 Å². The lowest BCUT2D eigenvalue weighted by Crippen LogP contribution is -2.10. The predicted octanol–water partition coefficient (Wildman–Crippen LogP) is 16.6. The van der Waals surface area contributed by atoms with Crippen molar-refractivity contribution >= 4 is 80.1 Å². The molecule has 0 N–H and O–H groups in total. The first kappa shape index (κ1) is 33.5. The van der Waals surface area contributed by atoms with Crippen LogP contribution in [0.2, 0.25) is 0 Å². The summed E-state index contributed by atoms with van der Waals surface area (Å²) in [4.78, 5) is 2.51. The van der Waals surface area contributed by atoms with Gasteiger partial charge in [0, 0.05) is 41.3 Å². The average molecular weight is 762 g/mol. The summed E-state index contributed by atoms with van der Waals surface area (Å²) in [6, 6.07) is 77.5. The molecule has 0 aliphatic carbocycles. The quantitative estimate of drug-likeness (QED) is 0.156. The molecule has 268 valence electrons. The Bertz CT molecular complexity index is 3200. The molecule has 11 rings (SSSR count). The van der Waals surface area contributed by atoms with E-state index in [0.717, 1.165) is 5.69 Å². The number of thiophene rings is 2. The van der Waals surface area contributed by atoms with E-state index < -0.39 is 0 Å². The van der Waals surface area contributed by atoms with Gasteiger partial charge in [0.15, 0.2) is 0 Å². The first-order valence-corrected chi connectivity index (χ1v) is 21.0. The summed E-state index contributed by atoms with van der Waals surface area (Å²) in [6.07, 6.45) is 0. The molecule has 0 saturated carbocycles. The van der Waals surface area contributed by atoms with Crippen molar-refractivity contribution in [1.29, 1.82) is 0 Å². The average Bonchev–Trinajstić information content (AvgIpc) is 3.88. The van der Waals surface area contributed by atoms with Crippen molar-refractivity contribution in [2.45, 2.75) is 0 Å². The van der Waals surface area contributed by atoms with E-state index in [4.69, 9.17) is 0 Å². The van der Waals surface area contributed by atoms with Gasteiger partial charge in [0.2, 0.25) is 0 Å². The highest BCUT2D eigenvalue weighted by Gasteiger charge is 2.24. The zero-order valence-electron chi connectivity index (χ0n) is 31.0. The molecule has 0 atom stereocenters. The maximum atomic E-state index is 2.51. The van der Waals surface area contributed by atoms with Crippen LogP contribution >= 0.6 is 22.7 Å². The van der Waals surface area contributed by atoms with E-state index in [0.29, 0.717) is 0 Å². The van der Waals surface area contributed by atoms with Crippen LogP contribution in [0.25, 0.3) is 84.9 Å². The van der Waals surface area contributed by atoms with Crippen LogP contribution < -0.4 is 4.90 Å². The Morgan fingerprint density at radius 3 is 1.49 bits per heavy atom. The van der Waals surface area contributed by atoms with Crippen molar-refractivity contribution in [1.82, 2.24) is 0 Å². The van der Waals surface area contributed by atoms with Crippen LogP contribution in [0.15, 0.2) is 212 Å². The van der Waals surface area contributed by atoms with Crippen LogP contribution in [0, 0.1) is 0 Å². The SMILES string of the molecule is c1ccc(-c2ccc(-c3ccc(N(c4ccc(-c5ccccc5)c5c4sc4c(-c6ccccc6)cccc45)c4cccc5sc6ccccc6c45)cc3)cc2)cc1. The summed E-state index contributed by atoms with van der Waals surface area (Å²) in [6.45, 7) is 0. The highest BCUT2D eigenvalue weighted by atomic mass is 32.1. The third-order valence-electron chi connectivity index (χ3n) is 11.1. The van der Waals surface area contributed by atoms with Crippen LogP contribution in [0.3, 0.4) is 0 Å². The summed E-state index contributed by atoms with van der Waals surface area (Å²) in [5.74, 6) is 0. The third kappa shape index (κ3) is 5.83. The fourth-order valence-corrected chi connectivity index (χ4v) is 10.9. The first-order chi connectivity index (χ1) is 28.3. The van der Waals surface area contributed by atoms with E-state index >= 15 is 0 Å². The second-order valence-electron chi connectivity index (χ2n) is 14.4. The molecule has 0 radical (unpaired) electrons. The number of nitrogens with zero attached hydrogens (tertiary/aromatic N) is 1. The predicted molar refractivity (Wildman–Crippen MR) is 249 cm³/mol. The van der Waals surface area contributed by atoms with Crippen LogP contribution in [-0.4, -0.2) is 0 Å². The van der Waals surface area contributed by atoms with Crippen molar-refractivity contribution in [3.63, 3.8) is 0 Å². The van der Waals surface area contributed by atoms with Gasteiger partial charge in [-0.3, -0.25) is 0 Å². The molecule has 0 unspecified atom stereocenters.